The van der Waals surface area contributed by atoms with Gasteiger partial charge in [0.2, 0.25) is 0 Å². The predicted octanol–water partition coefficient (Wildman–Crippen LogP) is 1.70. The van der Waals surface area contributed by atoms with Gasteiger partial charge in [0.1, 0.15) is 6.10 Å². The largest absolute Gasteiger partial charge is 0.393 e. The summed E-state index contributed by atoms with van der Waals surface area (Å²) in [6, 6.07) is 0. The fraction of sp³-hybridized carbons (Fsp3) is 0.727. The van der Waals surface area contributed by atoms with Crippen LogP contribution < -0.4 is 0 Å². The minimum atomic E-state index is -0.662. The summed E-state index contributed by atoms with van der Waals surface area (Å²) in [5.41, 5.74) is 0. The molecule has 3 heteroatoms. The van der Waals surface area contributed by atoms with Gasteiger partial charge in [-0.2, -0.15) is 0 Å². The normalized spacial score (nSPS) is 12.4. The zero-order chi connectivity index (χ0) is 10.8. The minimum absolute atomic E-state index is 0.0981. The summed E-state index contributed by atoms with van der Waals surface area (Å²) in [4.78, 5) is 11.3. The Morgan fingerprint density at radius 1 is 1.57 bits per heavy atom. The Kier molecular flexibility index (Phi) is 8.48. The topological polar surface area (TPSA) is 46.5 Å². The van der Waals surface area contributed by atoms with E-state index in [9.17, 15) is 4.79 Å². The molecule has 0 rings (SSSR count). The zero-order valence-corrected chi connectivity index (χ0v) is 8.87. The first-order chi connectivity index (χ1) is 6.76. The van der Waals surface area contributed by atoms with Gasteiger partial charge in [-0.15, -0.1) is 6.58 Å². The van der Waals surface area contributed by atoms with E-state index in [0.717, 1.165) is 19.3 Å². The van der Waals surface area contributed by atoms with Crippen LogP contribution in [0.1, 0.15) is 32.6 Å². The van der Waals surface area contributed by atoms with E-state index < -0.39 is 6.10 Å². The van der Waals surface area contributed by atoms with Crippen LogP contribution in [0.15, 0.2) is 12.7 Å². The Hall–Kier alpha value is -0.670. The lowest BCUT2D eigenvalue weighted by Crippen LogP contribution is -2.28. The third-order valence-corrected chi connectivity index (χ3v) is 1.94. The van der Waals surface area contributed by atoms with E-state index in [1.54, 1.807) is 0 Å². The van der Waals surface area contributed by atoms with E-state index in [0.29, 0.717) is 6.61 Å². The number of aliphatic hydroxyl groups excluding tert-OH is 1. The molecule has 0 saturated heterocycles. The Morgan fingerprint density at radius 3 is 2.79 bits per heavy atom. The molecule has 0 aliphatic carbocycles. The van der Waals surface area contributed by atoms with Crippen molar-refractivity contribution in [2.45, 2.75) is 38.7 Å². The van der Waals surface area contributed by atoms with Crippen molar-refractivity contribution in [3.05, 3.63) is 12.7 Å². The van der Waals surface area contributed by atoms with Crippen LogP contribution in [0.25, 0.3) is 0 Å². The molecule has 0 aromatic heterocycles. The smallest absolute Gasteiger partial charge is 0.167 e. The number of carbonyl (C=O) groups excluding carboxylic acids is 1. The van der Waals surface area contributed by atoms with Gasteiger partial charge < -0.3 is 9.84 Å². The van der Waals surface area contributed by atoms with Gasteiger partial charge in [-0.05, 0) is 6.42 Å². The van der Waals surface area contributed by atoms with Gasteiger partial charge in [0, 0.05) is 13.0 Å². The fourth-order valence-corrected chi connectivity index (χ4v) is 1.10. The second-order valence-electron chi connectivity index (χ2n) is 3.21. The van der Waals surface area contributed by atoms with Crippen molar-refractivity contribution in [2.75, 3.05) is 13.2 Å². The SMILES string of the molecule is C=CCC(=O)C(CO)OCCCCC. The highest BCUT2D eigenvalue weighted by atomic mass is 16.5. The van der Waals surface area contributed by atoms with Gasteiger partial charge in [0.05, 0.1) is 6.61 Å². The summed E-state index contributed by atoms with van der Waals surface area (Å²) < 4.78 is 5.26. The van der Waals surface area contributed by atoms with Gasteiger partial charge in [0.15, 0.2) is 5.78 Å². The quantitative estimate of drug-likeness (QED) is 0.455. The lowest BCUT2D eigenvalue weighted by molar-refractivity contribution is -0.132. The molecular formula is C11H20O3. The minimum Gasteiger partial charge on any atom is -0.393 e. The molecule has 0 bridgehead atoms. The number of aliphatic hydroxyl groups is 1. The van der Waals surface area contributed by atoms with Gasteiger partial charge in [0.25, 0.3) is 0 Å². The van der Waals surface area contributed by atoms with Crippen LogP contribution in [-0.4, -0.2) is 30.2 Å². The van der Waals surface area contributed by atoms with Crippen LogP contribution in [0.3, 0.4) is 0 Å². The molecule has 1 N–H and O–H groups in total. The molecule has 1 unspecified atom stereocenters. The van der Waals surface area contributed by atoms with Crippen LogP contribution in [0.5, 0.6) is 0 Å². The number of allylic oxidation sites excluding steroid dienone is 1. The van der Waals surface area contributed by atoms with E-state index in [1.165, 1.54) is 6.08 Å². The molecule has 3 nitrogen and oxygen atoms in total. The van der Waals surface area contributed by atoms with E-state index in [2.05, 4.69) is 13.5 Å². The van der Waals surface area contributed by atoms with E-state index >= 15 is 0 Å². The molecule has 0 saturated carbocycles. The van der Waals surface area contributed by atoms with Gasteiger partial charge >= 0.3 is 0 Å². The van der Waals surface area contributed by atoms with Crippen LogP contribution in [0.4, 0.5) is 0 Å². The molecule has 0 aromatic carbocycles. The van der Waals surface area contributed by atoms with Crippen molar-refractivity contribution in [3.8, 4) is 0 Å². The first-order valence-electron chi connectivity index (χ1n) is 5.12. The average molecular weight is 200 g/mol. The number of rotatable bonds is 9. The number of hydrogen-bond donors (Lipinski definition) is 1. The predicted molar refractivity (Wildman–Crippen MR) is 56.2 cm³/mol. The Bertz CT molecular complexity index is 166. The van der Waals surface area contributed by atoms with Crippen molar-refractivity contribution in [2.24, 2.45) is 0 Å². The van der Waals surface area contributed by atoms with E-state index in [4.69, 9.17) is 9.84 Å². The first-order valence-corrected chi connectivity index (χ1v) is 5.12. The highest BCUT2D eigenvalue weighted by Crippen LogP contribution is 2.01. The highest BCUT2D eigenvalue weighted by molar-refractivity contribution is 5.84. The molecule has 0 radical (unpaired) electrons. The third kappa shape index (κ3) is 5.89. The molecule has 0 fully saturated rings. The molecule has 0 aliphatic rings. The number of Topliss-reactive ketones (excluding diaryl/α,β-unsaturated/α-hetero) is 1. The standard InChI is InChI=1S/C11H20O3/c1-3-5-6-8-14-11(9-12)10(13)7-4-2/h4,11-12H,2-3,5-9H2,1H3. The third-order valence-electron chi connectivity index (χ3n) is 1.94. The van der Waals surface area contributed by atoms with Crippen LogP contribution in [0.2, 0.25) is 0 Å². The molecule has 14 heavy (non-hydrogen) atoms. The molecule has 0 spiro atoms. The summed E-state index contributed by atoms with van der Waals surface area (Å²) in [6.45, 7) is 5.88. The van der Waals surface area contributed by atoms with Gasteiger partial charge in [-0.25, -0.2) is 0 Å². The molecule has 1 atom stereocenters. The Balaban J connectivity index is 3.67. The Morgan fingerprint density at radius 2 is 2.29 bits per heavy atom. The van der Waals surface area contributed by atoms with Crippen molar-refractivity contribution in [1.29, 1.82) is 0 Å². The number of ketones is 1. The van der Waals surface area contributed by atoms with E-state index in [1.807, 2.05) is 0 Å². The van der Waals surface area contributed by atoms with Crippen molar-refractivity contribution >= 4 is 5.78 Å². The number of carbonyl (C=O) groups is 1. The molecule has 82 valence electrons. The number of unbranched alkanes of at least 4 members (excludes halogenated alkanes) is 2. The molecule has 0 aliphatic heterocycles. The second kappa shape index (κ2) is 8.91. The van der Waals surface area contributed by atoms with Crippen LogP contribution in [-0.2, 0) is 9.53 Å². The maximum atomic E-state index is 11.3. The summed E-state index contributed by atoms with van der Waals surface area (Å²) >= 11 is 0. The van der Waals surface area contributed by atoms with Crippen LogP contribution in [0, 0.1) is 0 Å². The summed E-state index contributed by atoms with van der Waals surface area (Å²) in [6.07, 6.45) is 4.28. The molecule has 0 aromatic rings. The summed E-state index contributed by atoms with van der Waals surface area (Å²) in [7, 11) is 0. The fourth-order valence-electron chi connectivity index (χ4n) is 1.10. The highest BCUT2D eigenvalue weighted by Gasteiger charge is 2.15. The molecule has 0 heterocycles. The molecular weight excluding hydrogens is 180 g/mol. The van der Waals surface area contributed by atoms with Crippen molar-refractivity contribution < 1.29 is 14.6 Å². The molecule has 0 amide bonds. The van der Waals surface area contributed by atoms with Gasteiger partial charge in [-0.3, -0.25) is 4.79 Å². The van der Waals surface area contributed by atoms with Crippen molar-refractivity contribution in [1.82, 2.24) is 0 Å². The number of hydrogen-bond acceptors (Lipinski definition) is 3. The van der Waals surface area contributed by atoms with E-state index in [-0.39, 0.29) is 18.8 Å². The lowest BCUT2D eigenvalue weighted by Gasteiger charge is -2.12. The average Bonchev–Trinajstić information content (AvgIpc) is 2.18. The maximum Gasteiger partial charge on any atom is 0.167 e. The summed E-state index contributed by atoms with van der Waals surface area (Å²) in [5.74, 6) is -0.0981. The maximum absolute atomic E-state index is 11.3. The number of ether oxygens (including phenoxy) is 1. The zero-order valence-electron chi connectivity index (χ0n) is 8.87. The Labute approximate surface area is 85.8 Å². The van der Waals surface area contributed by atoms with Gasteiger partial charge in [-0.1, -0.05) is 25.8 Å². The monoisotopic (exact) mass is 200 g/mol. The second-order valence-corrected chi connectivity index (χ2v) is 3.21. The summed E-state index contributed by atoms with van der Waals surface area (Å²) in [5, 5.41) is 8.90. The first kappa shape index (κ1) is 13.3. The van der Waals surface area contributed by atoms with Crippen LogP contribution >= 0.6 is 0 Å². The van der Waals surface area contributed by atoms with Crippen molar-refractivity contribution in [3.63, 3.8) is 0 Å². The lowest BCUT2D eigenvalue weighted by atomic mass is 10.2.